The van der Waals surface area contributed by atoms with Gasteiger partial charge in [0.1, 0.15) is 4.90 Å². The first-order valence-electron chi connectivity index (χ1n) is 10.0. The average Bonchev–Trinajstić information content (AvgIpc) is 2.74. The molecule has 2 aromatic rings. The van der Waals surface area contributed by atoms with Crippen LogP contribution in [0.4, 0.5) is 0 Å². The zero-order chi connectivity index (χ0) is 22.3. The Bertz CT molecular complexity index is 1040. The Balaban J connectivity index is 1.48. The van der Waals surface area contributed by atoms with Crippen LogP contribution in [0.3, 0.4) is 0 Å². The number of benzene rings is 1. The molecule has 170 valence electrons. The van der Waals surface area contributed by atoms with E-state index in [1.807, 2.05) is 18.2 Å². The fourth-order valence-corrected chi connectivity index (χ4v) is 5.90. The summed E-state index contributed by atoms with van der Waals surface area (Å²) in [5, 5.41) is 0.714. The molecule has 1 aromatic heterocycles. The highest BCUT2D eigenvalue weighted by atomic mass is 32.2. The Hall–Kier alpha value is -1.50. The van der Waals surface area contributed by atoms with Gasteiger partial charge in [0.05, 0.1) is 11.3 Å². The van der Waals surface area contributed by atoms with E-state index < -0.39 is 20.0 Å². The summed E-state index contributed by atoms with van der Waals surface area (Å²) in [5.74, 6) is 0.686. The van der Waals surface area contributed by atoms with Crippen LogP contribution in [0.25, 0.3) is 0 Å². The van der Waals surface area contributed by atoms with Crippen molar-refractivity contribution in [3.8, 4) is 0 Å². The van der Waals surface area contributed by atoms with Crippen molar-refractivity contribution in [2.75, 3.05) is 44.7 Å². The molecular weight excluding hydrogens is 456 g/mol. The minimum Gasteiger partial charge on any atom is -0.296 e. The van der Waals surface area contributed by atoms with Gasteiger partial charge in [0, 0.05) is 51.2 Å². The molecule has 0 atom stereocenters. The Morgan fingerprint density at radius 1 is 1.00 bits per heavy atom. The van der Waals surface area contributed by atoms with Crippen molar-refractivity contribution in [1.29, 1.82) is 0 Å². The van der Waals surface area contributed by atoms with E-state index in [4.69, 9.17) is 0 Å². The Kier molecular flexibility index (Phi) is 8.48. The highest BCUT2D eigenvalue weighted by Gasteiger charge is 2.28. The van der Waals surface area contributed by atoms with Crippen LogP contribution in [-0.2, 0) is 26.6 Å². The first-order chi connectivity index (χ1) is 14.7. The van der Waals surface area contributed by atoms with Crippen LogP contribution >= 0.6 is 11.8 Å². The standard InChI is InChI=1S/C20H28N4O4S3/c1-30(25,26)22-10-5-15-29-20-9-8-19(16-21-20)31(27,28)24-13-11-23(12-14-24)17-18-6-3-2-4-7-18/h2-4,6-9,16,22H,5,10-15,17H2,1H3. The normalized spacial score (nSPS) is 16.4. The first-order valence-corrected chi connectivity index (χ1v) is 14.4. The van der Waals surface area contributed by atoms with E-state index in [0.717, 1.165) is 12.8 Å². The molecule has 31 heavy (non-hydrogen) atoms. The quantitative estimate of drug-likeness (QED) is 0.404. The van der Waals surface area contributed by atoms with Crippen LogP contribution < -0.4 is 4.72 Å². The van der Waals surface area contributed by atoms with Crippen molar-refractivity contribution in [3.05, 3.63) is 54.2 Å². The lowest BCUT2D eigenvalue weighted by Gasteiger charge is -2.33. The summed E-state index contributed by atoms with van der Waals surface area (Å²) in [5.41, 5.74) is 1.23. The lowest BCUT2D eigenvalue weighted by molar-refractivity contribution is 0.181. The number of rotatable bonds is 10. The highest BCUT2D eigenvalue weighted by molar-refractivity contribution is 7.99. The second kappa shape index (κ2) is 10.9. The number of aromatic nitrogens is 1. The first kappa shape index (κ1) is 24.1. The number of nitrogens with one attached hydrogen (secondary N) is 1. The van der Waals surface area contributed by atoms with Crippen LogP contribution in [0.15, 0.2) is 58.6 Å². The van der Waals surface area contributed by atoms with Crippen molar-refractivity contribution < 1.29 is 16.8 Å². The summed E-state index contributed by atoms with van der Waals surface area (Å²) in [6.07, 6.45) is 3.19. The van der Waals surface area contributed by atoms with Crippen molar-refractivity contribution in [2.24, 2.45) is 0 Å². The molecule has 0 aliphatic carbocycles. The molecule has 1 aliphatic heterocycles. The second-order valence-corrected chi connectivity index (χ2v) is 12.3. The molecule has 1 N–H and O–H groups in total. The molecule has 0 saturated carbocycles. The molecule has 0 unspecified atom stereocenters. The fraction of sp³-hybridized carbons (Fsp3) is 0.450. The summed E-state index contributed by atoms with van der Waals surface area (Å²) >= 11 is 1.47. The molecule has 1 aliphatic rings. The lowest BCUT2D eigenvalue weighted by Crippen LogP contribution is -2.48. The van der Waals surface area contributed by atoms with Crippen LogP contribution in [0.1, 0.15) is 12.0 Å². The van der Waals surface area contributed by atoms with Gasteiger partial charge in [-0.1, -0.05) is 30.3 Å². The van der Waals surface area contributed by atoms with E-state index >= 15 is 0 Å². The molecule has 0 amide bonds. The number of nitrogens with zero attached hydrogens (tertiary/aromatic N) is 3. The molecule has 2 heterocycles. The van der Waals surface area contributed by atoms with E-state index in [-0.39, 0.29) is 4.90 Å². The third kappa shape index (κ3) is 7.55. The Morgan fingerprint density at radius 2 is 1.71 bits per heavy atom. The summed E-state index contributed by atoms with van der Waals surface area (Å²) in [6, 6.07) is 13.5. The monoisotopic (exact) mass is 484 g/mol. The van der Waals surface area contributed by atoms with Gasteiger partial charge in [-0.25, -0.2) is 26.5 Å². The van der Waals surface area contributed by atoms with Gasteiger partial charge in [0.15, 0.2) is 0 Å². The number of pyridine rings is 1. The minimum atomic E-state index is -3.56. The summed E-state index contributed by atoms with van der Waals surface area (Å²) < 4.78 is 51.9. The maximum absolute atomic E-state index is 13.0. The third-order valence-electron chi connectivity index (χ3n) is 4.86. The van der Waals surface area contributed by atoms with Gasteiger partial charge in [0.25, 0.3) is 0 Å². The van der Waals surface area contributed by atoms with E-state index in [1.54, 1.807) is 12.1 Å². The molecule has 0 spiro atoms. The van der Waals surface area contributed by atoms with Gasteiger partial charge in [-0.05, 0) is 24.1 Å². The SMILES string of the molecule is CS(=O)(=O)NCCCSc1ccc(S(=O)(=O)N2CCN(Cc3ccccc3)CC2)cn1. The average molecular weight is 485 g/mol. The summed E-state index contributed by atoms with van der Waals surface area (Å²) in [6.45, 7) is 3.49. The van der Waals surface area contributed by atoms with Gasteiger partial charge >= 0.3 is 0 Å². The van der Waals surface area contributed by atoms with Crippen molar-refractivity contribution in [2.45, 2.75) is 22.9 Å². The molecule has 1 saturated heterocycles. The summed E-state index contributed by atoms with van der Waals surface area (Å²) in [7, 11) is -6.73. The maximum atomic E-state index is 13.0. The van der Waals surface area contributed by atoms with Crippen molar-refractivity contribution in [3.63, 3.8) is 0 Å². The minimum absolute atomic E-state index is 0.201. The molecular formula is C20H28N4O4S3. The molecule has 3 rings (SSSR count). The van der Waals surface area contributed by atoms with Gasteiger partial charge in [-0.15, -0.1) is 11.8 Å². The second-order valence-electron chi connectivity index (χ2n) is 7.37. The van der Waals surface area contributed by atoms with Crippen molar-refractivity contribution in [1.82, 2.24) is 18.9 Å². The summed E-state index contributed by atoms with van der Waals surface area (Å²) in [4.78, 5) is 6.73. The molecule has 8 nitrogen and oxygen atoms in total. The zero-order valence-electron chi connectivity index (χ0n) is 17.5. The van der Waals surface area contributed by atoms with Crippen LogP contribution in [-0.4, -0.2) is 75.8 Å². The Labute approximate surface area is 189 Å². The third-order valence-corrected chi connectivity index (χ3v) is 8.50. The largest absolute Gasteiger partial charge is 0.296 e. The van der Waals surface area contributed by atoms with E-state index in [1.165, 1.54) is 27.8 Å². The molecule has 11 heteroatoms. The molecule has 1 fully saturated rings. The van der Waals surface area contributed by atoms with Crippen molar-refractivity contribution >= 4 is 31.8 Å². The predicted molar refractivity (Wildman–Crippen MR) is 123 cm³/mol. The van der Waals surface area contributed by atoms with Gasteiger partial charge < -0.3 is 0 Å². The smallest absolute Gasteiger partial charge is 0.244 e. The number of hydrogen-bond donors (Lipinski definition) is 1. The van der Waals surface area contributed by atoms with Crippen LogP contribution in [0.5, 0.6) is 0 Å². The van der Waals surface area contributed by atoms with E-state index in [2.05, 4.69) is 26.7 Å². The molecule has 0 bridgehead atoms. The highest BCUT2D eigenvalue weighted by Crippen LogP contribution is 2.21. The van der Waals surface area contributed by atoms with E-state index in [0.29, 0.717) is 49.9 Å². The topological polar surface area (TPSA) is 99.7 Å². The molecule has 1 aromatic carbocycles. The predicted octanol–water partition coefficient (Wildman–Crippen LogP) is 1.62. The van der Waals surface area contributed by atoms with Gasteiger partial charge in [0.2, 0.25) is 20.0 Å². The van der Waals surface area contributed by atoms with Gasteiger partial charge in [-0.2, -0.15) is 4.31 Å². The van der Waals surface area contributed by atoms with E-state index in [9.17, 15) is 16.8 Å². The Morgan fingerprint density at radius 3 is 2.32 bits per heavy atom. The number of thioether (sulfide) groups is 1. The zero-order valence-corrected chi connectivity index (χ0v) is 19.9. The van der Waals surface area contributed by atoms with Gasteiger partial charge in [-0.3, -0.25) is 4.90 Å². The fourth-order valence-electron chi connectivity index (χ4n) is 3.23. The number of sulfonamides is 2. The van der Waals surface area contributed by atoms with Crippen LogP contribution in [0, 0.1) is 0 Å². The molecule has 0 radical (unpaired) electrons. The number of hydrogen-bond acceptors (Lipinski definition) is 7. The maximum Gasteiger partial charge on any atom is 0.244 e. The van der Waals surface area contributed by atoms with Crippen LogP contribution in [0.2, 0.25) is 0 Å². The number of piperazine rings is 1. The lowest BCUT2D eigenvalue weighted by atomic mass is 10.2.